The van der Waals surface area contributed by atoms with Crippen LogP contribution in [0.15, 0.2) is 53.6 Å². The summed E-state index contributed by atoms with van der Waals surface area (Å²) in [7, 11) is -4.88. The number of benzene rings is 2. The highest BCUT2D eigenvalue weighted by Gasteiger charge is 2.40. The number of aliphatic hydroxyl groups is 1. The Hall–Kier alpha value is -3.88. The first-order chi connectivity index (χ1) is 20.6. The highest BCUT2D eigenvalue weighted by Crippen LogP contribution is 2.42. The second-order valence-electron chi connectivity index (χ2n) is 10.0. The van der Waals surface area contributed by atoms with E-state index in [1.807, 2.05) is 0 Å². The number of carbonyl (C=O) groups is 1. The molecule has 2 aromatic carbocycles. The van der Waals surface area contributed by atoms with Crippen molar-refractivity contribution in [3.63, 3.8) is 0 Å². The number of sulfonamides is 1. The summed E-state index contributed by atoms with van der Waals surface area (Å²) >= 11 is 6.19. The summed E-state index contributed by atoms with van der Waals surface area (Å²) < 4.78 is 95.7. The summed E-state index contributed by atoms with van der Waals surface area (Å²) in [6, 6.07) is 8.91. The fourth-order valence-corrected chi connectivity index (χ4v) is 6.40. The summed E-state index contributed by atoms with van der Waals surface area (Å²) in [6.07, 6.45) is -5.55. The molecule has 44 heavy (non-hydrogen) atoms. The van der Waals surface area contributed by atoms with Crippen LogP contribution in [0, 0.1) is 5.82 Å². The number of aromatic nitrogens is 1. The van der Waals surface area contributed by atoms with Gasteiger partial charge < -0.3 is 19.7 Å². The largest absolute Gasteiger partial charge is 0.486 e. The number of carboxylic acid groups (broad SMARTS) is 1. The number of alkyl halides is 3. The maximum atomic E-state index is 14.5. The van der Waals surface area contributed by atoms with Crippen LogP contribution in [0.3, 0.4) is 0 Å². The molecule has 1 aliphatic rings. The Labute approximate surface area is 255 Å². The van der Waals surface area contributed by atoms with Crippen LogP contribution in [0.5, 0.6) is 11.6 Å². The van der Waals surface area contributed by atoms with E-state index in [2.05, 4.69) is 4.98 Å². The minimum absolute atomic E-state index is 0.0142. The molecular weight excluding hydrogens is 632 g/mol. The summed E-state index contributed by atoms with van der Waals surface area (Å²) in [5, 5.41) is 18.9. The van der Waals surface area contributed by atoms with E-state index in [4.69, 9.17) is 26.2 Å². The van der Waals surface area contributed by atoms with Crippen molar-refractivity contribution in [1.82, 2.24) is 4.98 Å². The summed E-state index contributed by atoms with van der Waals surface area (Å²) in [5.41, 5.74) is -0.533. The van der Waals surface area contributed by atoms with Gasteiger partial charge in [-0.2, -0.15) is 13.2 Å². The van der Waals surface area contributed by atoms with E-state index >= 15 is 0 Å². The molecule has 15 heteroatoms. The van der Waals surface area contributed by atoms with Gasteiger partial charge in [0.25, 0.3) is 10.0 Å². The lowest BCUT2D eigenvalue weighted by atomic mass is 10.0. The normalized spacial score (nSPS) is 16.2. The Morgan fingerprint density at radius 3 is 2.64 bits per heavy atom. The first kappa shape index (κ1) is 33.0. The zero-order valence-electron chi connectivity index (χ0n) is 23.3. The maximum absolute atomic E-state index is 14.5. The van der Waals surface area contributed by atoms with Crippen molar-refractivity contribution < 1.29 is 50.5 Å². The lowest BCUT2D eigenvalue weighted by Crippen LogP contribution is -2.44. The molecule has 0 spiro atoms. The Balaban J connectivity index is 1.86. The molecule has 2 N–H and O–H groups in total. The number of rotatable bonds is 10. The quantitative estimate of drug-likeness (QED) is 0.200. The van der Waals surface area contributed by atoms with Gasteiger partial charge in [-0.25, -0.2) is 17.8 Å². The van der Waals surface area contributed by atoms with Crippen LogP contribution in [0.2, 0.25) is 5.02 Å². The SMILES string of the molecule is C/C(=C\c1ccc2c(c1)N(S(=O)(=O)c1cc(C(F)(F)F)cnc1OC[C@@H](C)O)C[C@H](CCC(=O)O)O2)c1c(F)cccc1Cl. The molecular formula is C29H27ClF4N2O7S. The molecule has 0 amide bonds. The molecule has 0 saturated heterocycles. The van der Waals surface area contributed by atoms with Gasteiger partial charge in [-0.3, -0.25) is 9.10 Å². The zero-order valence-corrected chi connectivity index (χ0v) is 24.9. The number of carboxylic acids is 1. The standard InChI is InChI=1S/C29H27ClF4N2O7S/c1-16(27-21(30)4-3-5-22(27)31)10-18-6-8-24-23(11-18)36(14-20(43-24)7-9-26(38)39)44(40,41)25-12-19(29(32,33)34)13-35-28(25)42-15-17(2)37/h3-6,8,10-13,17,20,37H,7,9,14-15H2,1-2H3,(H,38,39)/b16-10+/t17-,20+/m1/s1. The number of aliphatic hydroxyl groups excluding tert-OH is 1. The Bertz CT molecular complexity index is 1680. The van der Waals surface area contributed by atoms with E-state index in [-0.39, 0.29) is 34.9 Å². The molecule has 236 valence electrons. The molecule has 4 rings (SSSR count). The lowest BCUT2D eigenvalue weighted by molar-refractivity contribution is -0.138. The fourth-order valence-electron chi connectivity index (χ4n) is 4.48. The van der Waals surface area contributed by atoms with E-state index in [1.54, 1.807) is 13.0 Å². The maximum Gasteiger partial charge on any atom is 0.417 e. The van der Waals surface area contributed by atoms with E-state index in [1.165, 1.54) is 43.3 Å². The van der Waals surface area contributed by atoms with Crippen molar-refractivity contribution in [1.29, 1.82) is 0 Å². The molecule has 1 aliphatic heterocycles. The molecule has 2 atom stereocenters. The van der Waals surface area contributed by atoms with Crippen LogP contribution in [-0.4, -0.2) is 54.9 Å². The van der Waals surface area contributed by atoms with Gasteiger partial charge in [0.15, 0.2) is 4.90 Å². The Kier molecular flexibility index (Phi) is 9.76. The van der Waals surface area contributed by atoms with E-state index in [9.17, 15) is 35.9 Å². The highest BCUT2D eigenvalue weighted by molar-refractivity contribution is 7.93. The van der Waals surface area contributed by atoms with Gasteiger partial charge in [0.2, 0.25) is 5.88 Å². The number of aliphatic carboxylic acids is 1. The van der Waals surface area contributed by atoms with Crippen LogP contribution in [-0.2, 0) is 21.0 Å². The minimum Gasteiger partial charge on any atom is -0.486 e. The van der Waals surface area contributed by atoms with Gasteiger partial charge in [0.05, 0.1) is 28.9 Å². The molecule has 0 unspecified atom stereocenters. The molecule has 1 aromatic heterocycles. The second-order valence-corrected chi connectivity index (χ2v) is 12.3. The number of nitrogens with zero attached hydrogens (tertiary/aromatic N) is 2. The predicted octanol–water partition coefficient (Wildman–Crippen LogP) is 6.03. The second kappa shape index (κ2) is 13.0. The third kappa shape index (κ3) is 7.42. The highest BCUT2D eigenvalue weighted by atomic mass is 35.5. The summed E-state index contributed by atoms with van der Waals surface area (Å²) in [4.78, 5) is 13.9. The fraction of sp³-hybridized carbons (Fsp3) is 0.310. The van der Waals surface area contributed by atoms with Crippen LogP contribution in [0.1, 0.15) is 43.4 Å². The first-order valence-electron chi connectivity index (χ1n) is 13.1. The number of hydrogen-bond donors (Lipinski definition) is 2. The molecule has 0 bridgehead atoms. The molecule has 3 aromatic rings. The monoisotopic (exact) mass is 658 g/mol. The van der Waals surface area contributed by atoms with Crippen molar-refractivity contribution in [2.75, 3.05) is 17.5 Å². The van der Waals surface area contributed by atoms with E-state index in [0.717, 1.165) is 4.31 Å². The smallest absolute Gasteiger partial charge is 0.417 e. The number of fused-ring (bicyclic) bond motifs is 1. The van der Waals surface area contributed by atoms with Crippen molar-refractivity contribution in [3.8, 4) is 11.6 Å². The first-order valence-corrected chi connectivity index (χ1v) is 15.0. The number of halogens is 5. The molecule has 9 nitrogen and oxygen atoms in total. The predicted molar refractivity (Wildman–Crippen MR) is 154 cm³/mol. The average molecular weight is 659 g/mol. The third-order valence-electron chi connectivity index (χ3n) is 6.51. The van der Waals surface area contributed by atoms with Gasteiger partial charge in [-0.05, 0) is 61.7 Å². The van der Waals surface area contributed by atoms with Gasteiger partial charge in [0, 0.05) is 18.2 Å². The van der Waals surface area contributed by atoms with E-state index < -0.39 is 69.7 Å². The van der Waals surface area contributed by atoms with Crippen molar-refractivity contribution in [2.24, 2.45) is 0 Å². The van der Waals surface area contributed by atoms with Crippen molar-refractivity contribution in [2.45, 2.75) is 50.0 Å². The average Bonchev–Trinajstić information content (AvgIpc) is 2.93. The molecule has 0 saturated carbocycles. The lowest BCUT2D eigenvalue weighted by Gasteiger charge is -2.36. The third-order valence-corrected chi connectivity index (χ3v) is 8.60. The molecule has 0 radical (unpaired) electrons. The number of allylic oxidation sites excluding steroid dienone is 1. The van der Waals surface area contributed by atoms with Crippen LogP contribution >= 0.6 is 11.6 Å². The summed E-state index contributed by atoms with van der Waals surface area (Å²) in [6.45, 7) is 2.00. The zero-order chi connectivity index (χ0) is 32.4. The number of hydrogen-bond acceptors (Lipinski definition) is 7. The Morgan fingerprint density at radius 2 is 2.00 bits per heavy atom. The van der Waals surface area contributed by atoms with Gasteiger partial charge in [0.1, 0.15) is 24.3 Å². The summed E-state index contributed by atoms with van der Waals surface area (Å²) in [5.74, 6) is -2.40. The van der Waals surface area contributed by atoms with Crippen LogP contribution in [0.25, 0.3) is 11.6 Å². The molecule has 0 fully saturated rings. The van der Waals surface area contributed by atoms with Crippen LogP contribution < -0.4 is 13.8 Å². The van der Waals surface area contributed by atoms with E-state index in [0.29, 0.717) is 23.4 Å². The van der Waals surface area contributed by atoms with Crippen molar-refractivity contribution >= 4 is 44.9 Å². The topological polar surface area (TPSA) is 126 Å². The molecule has 2 heterocycles. The van der Waals surface area contributed by atoms with Gasteiger partial charge in [-0.1, -0.05) is 29.8 Å². The Morgan fingerprint density at radius 1 is 1.27 bits per heavy atom. The van der Waals surface area contributed by atoms with Gasteiger partial charge in [-0.15, -0.1) is 0 Å². The van der Waals surface area contributed by atoms with Crippen LogP contribution in [0.4, 0.5) is 23.2 Å². The minimum atomic E-state index is -4.95. The van der Waals surface area contributed by atoms with Gasteiger partial charge >= 0.3 is 12.1 Å². The number of pyridine rings is 1. The number of anilines is 1. The number of ether oxygens (including phenoxy) is 2. The molecule has 0 aliphatic carbocycles. The van der Waals surface area contributed by atoms with Crippen molar-refractivity contribution in [3.05, 3.63) is 76.2 Å².